The predicted octanol–water partition coefficient (Wildman–Crippen LogP) is 2.29. The number of halogens is 1. The molecule has 3 rings (SSSR count). The van der Waals surface area contributed by atoms with Gasteiger partial charge in [-0.05, 0) is 44.3 Å². The number of nitrogens with zero attached hydrogens (tertiary/aromatic N) is 3. The van der Waals surface area contributed by atoms with Gasteiger partial charge in [0.2, 0.25) is 5.91 Å². The second kappa shape index (κ2) is 10.9. The van der Waals surface area contributed by atoms with Crippen molar-refractivity contribution < 1.29 is 13.2 Å². The minimum absolute atomic E-state index is 0.109. The molecule has 1 N–H and O–H groups in total. The van der Waals surface area contributed by atoms with E-state index in [9.17, 15) is 13.2 Å². The molecule has 2 aromatic rings. The van der Waals surface area contributed by atoms with Crippen LogP contribution in [0.1, 0.15) is 6.42 Å². The first kappa shape index (κ1) is 23.5. The van der Waals surface area contributed by atoms with E-state index in [1.54, 1.807) is 42.5 Å². The molecule has 1 amide bonds. The van der Waals surface area contributed by atoms with Crippen molar-refractivity contribution >= 4 is 33.2 Å². The van der Waals surface area contributed by atoms with Gasteiger partial charge in [0.1, 0.15) is 6.54 Å². The number of benzene rings is 2. The molecule has 1 aliphatic heterocycles. The molecule has 7 nitrogen and oxygen atoms in total. The highest BCUT2D eigenvalue weighted by Gasteiger charge is 2.28. The number of likely N-dealkylation sites (N-methyl/N-ethyl adjacent to an activating group) is 1. The molecule has 31 heavy (non-hydrogen) atoms. The Morgan fingerprint density at radius 1 is 1.03 bits per heavy atom. The lowest BCUT2D eigenvalue weighted by atomic mass is 10.3. The minimum atomic E-state index is -3.95. The lowest BCUT2D eigenvalue weighted by Gasteiger charge is -2.32. The molecule has 1 aliphatic rings. The zero-order chi connectivity index (χ0) is 22.3. The van der Waals surface area contributed by atoms with Gasteiger partial charge in [-0.15, -0.1) is 0 Å². The number of nitrogens with one attached hydrogen (secondary N) is 1. The average Bonchev–Trinajstić information content (AvgIpc) is 2.77. The predicted molar refractivity (Wildman–Crippen MR) is 124 cm³/mol. The largest absolute Gasteiger partial charge is 0.354 e. The zero-order valence-corrected chi connectivity index (χ0v) is 19.3. The van der Waals surface area contributed by atoms with Crippen molar-refractivity contribution in [1.29, 1.82) is 0 Å². The Morgan fingerprint density at radius 2 is 1.68 bits per heavy atom. The van der Waals surface area contributed by atoms with Crippen LogP contribution in [0.25, 0.3) is 0 Å². The molecule has 1 saturated heterocycles. The lowest BCUT2D eigenvalue weighted by molar-refractivity contribution is -0.119. The second-order valence-electron chi connectivity index (χ2n) is 7.62. The average molecular weight is 465 g/mol. The van der Waals surface area contributed by atoms with Gasteiger partial charge in [-0.3, -0.25) is 9.10 Å². The summed E-state index contributed by atoms with van der Waals surface area (Å²) in [5.74, 6) is -0.363. The third-order valence-corrected chi connectivity index (χ3v) is 7.40. The second-order valence-corrected chi connectivity index (χ2v) is 9.89. The van der Waals surface area contributed by atoms with Gasteiger partial charge in [-0.25, -0.2) is 8.42 Å². The summed E-state index contributed by atoms with van der Waals surface area (Å²) in [6, 6.07) is 14.7. The highest BCUT2D eigenvalue weighted by atomic mass is 35.5. The molecule has 0 bridgehead atoms. The first-order chi connectivity index (χ1) is 14.9. The summed E-state index contributed by atoms with van der Waals surface area (Å²) in [7, 11) is -1.83. The van der Waals surface area contributed by atoms with Crippen LogP contribution < -0.4 is 9.62 Å². The fourth-order valence-electron chi connectivity index (χ4n) is 3.46. The number of rotatable bonds is 9. The summed E-state index contributed by atoms with van der Waals surface area (Å²) in [6.07, 6.45) is 0.812. The number of sulfonamides is 1. The van der Waals surface area contributed by atoms with Crippen molar-refractivity contribution in [2.75, 3.05) is 57.2 Å². The number of hydrogen-bond donors (Lipinski definition) is 1. The highest BCUT2D eigenvalue weighted by Crippen LogP contribution is 2.30. The van der Waals surface area contributed by atoms with Crippen LogP contribution in [-0.4, -0.2) is 77.0 Å². The summed E-state index contributed by atoms with van der Waals surface area (Å²) in [6.45, 7) is 5.22. The molecule has 1 heterocycles. The van der Waals surface area contributed by atoms with Gasteiger partial charge in [0.05, 0.1) is 15.6 Å². The van der Waals surface area contributed by atoms with E-state index in [2.05, 4.69) is 22.2 Å². The summed E-state index contributed by atoms with van der Waals surface area (Å²) in [5, 5.41) is 3.12. The molecule has 1 fully saturated rings. The smallest absolute Gasteiger partial charge is 0.264 e. The summed E-state index contributed by atoms with van der Waals surface area (Å²) in [4.78, 5) is 17.4. The van der Waals surface area contributed by atoms with Gasteiger partial charge in [-0.1, -0.05) is 41.9 Å². The normalized spacial score (nSPS) is 15.5. The SMILES string of the molecule is CN1CCN(CCCNC(=O)CN(c2ccccc2Cl)S(=O)(=O)c2ccccc2)CC1. The topological polar surface area (TPSA) is 73.0 Å². The number of piperazine rings is 1. The molecule has 0 spiro atoms. The van der Waals surface area contributed by atoms with Crippen molar-refractivity contribution in [3.05, 3.63) is 59.6 Å². The van der Waals surface area contributed by atoms with Gasteiger partial charge >= 0.3 is 0 Å². The molecule has 0 unspecified atom stereocenters. The maximum absolute atomic E-state index is 13.3. The van der Waals surface area contributed by atoms with E-state index in [1.807, 2.05) is 0 Å². The monoisotopic (exact) mass is 464 g/mol. The minimum Gasteiger partial charge on any atom is -0.354 e. The number of amides is 1. The standard InChI is InChI=1S/C22H29ClN4O3S/c1-25-14-16-26(17-15-25)13-7-12-24-22(28)18-27(21-11-6-5-10-20(21)23)31(29,30)19-8-3-2-4-9-19/h2-6,8-11H,7,12-18H2,1H3,(H,24,28). The number of hydrogen-bond acceptors (Lipinski definition) is 5. The Kier molecular flexibility index (Phi) is 8.31. The van der Waals surface area contributed by atoms with Crippen LogP contribution >= 0.6 is 11.6 Å². The molecule has 168 valence electrons. The zero-order valence-electron chi connectivity index (χ0n) is 17.7. The van der Waals surface area contributed by atoms with E-state index >= 15 is 0 Å². The van der Waals surface area contributed by atoms with Crippen molar-refractivity contribution in [3.63, 3.8) is 0 Å². The summed E-state index contributed by atoms with van der Waals surface area (Å²) < 4.78 is 27.6. The molecule has 0 radical (unpaired) electrons. The van der Waals surface area contributed by atoms with Crippen LogP contribution in [0.2, 0.25) is 5.02 Å². The van der Waals surface area contributed by atoms with Gasteiger partial charge in [0, 0.05) is 32.7 Å². The van der Waals surface area contributed by atoms with E-state index in [0.29, 0.717) is 6.54 Å². The van der Waals surface area contributed by atoms with Crippen LogP contribution in [-0.2, 0) is 14.8 Å². The summed E-state index contributed by atoms with van der Waals surface area (Å²) >= 11 is 6.27. The van der Waals surface area contributed by atoms with Crippen molar-refractivity contribution in [2.45, 2.75) is 11.3 Å². The van der Waals surface area contributed by atoms with Crippen molar-refractivity contribution in [2.24, 2.45) is 0 Å². The molecule has 2 aromatic carbocycles. The van der Waals surface area contributed by atoms with E-state index in [4.69, 9.17) is 11.6 Å². The van der Waals surface area contributed by atoms with E-state index < -0.39 is 10.0 Å². The van der Waals surface area contributed by atoms with Crippen molar-refractivity contribution in [3.8, 4) is 0 Å². The van der Waals surface area contributed by atoms with Gasteiger partial charge in [0.25, 0.3) is 10.0 Å². The lowest BCUT2D eigenvalue weighted by Crippen LogP contribution is -2.45. The Hall–Kier alpha value is -2.13. The quantitative estimate of drug-likeness (QED) is 0.576. The fraction of sp³-hybridized carbons (Fsp3) is 0.409. The van der Waals surface area contributed by atoms with Crippen LogP contribution in [0.4, 0.5) is 5.69 Å². The highest BCUT2D eigenvalue weighted by molar-refractivity contribution is 7.92. The molecular weight excluding hydrogens is 436 g/mol. The van der Waals surface area contributed by atoms with Gasteiger partial charge in [0.15, 0.2) is 0 Å². The van der Waals surface area contributed by atoms with Crippen LogP contribution in [0.15, 0.2) is 59.5 Å². The van der Waals surface area contributed by atoms with Crippen LogP contribution in [0, 0.1) is 0 Å². The molecule has 9 heteroatoms. The number of carbonyl (C=O) groups is 1. The molecule has 0 atom stereocenters. The fourth-order valence-corrected chi connectivity index (χ4v) is 5.21. The van der Waals surface area contributed by atoms with Gasteiger partial charge in [-0.2, -0.15) is 0 Å². The maximum Gasteiger partial charge on any atom is 0.264 e. The third-order valence-electron chi connectivity index (χ3n) is 5.31. The van der Waals surface area contributed by atoms with E-state index in [0.717, 1.165) is 43.4 Å². The first-order valence-electron chi connectivity index (χ1n) is 10.4. The van der Waals surface area contributed by atoms with Gasteiger partial charge < -0.3 is 15.1 Å². The Bertz CT molecular complexity index is 964. The molecular formula is C22H29ClN4O3S. The number of para-hydroxylation sites is 1. The third kappa shape index (κ3) is 6.43. The first-order valence-corrected chi connectivity index (χ1v) is 12.2. The van der Waals surface area contributed by atoms with Crippen molar-refractivity contribution in [1.82, 2.24) is 15.1 Å². The van der Waals surface area contributed by atoms with E-state index in [-0.39, 0.29) is 28.1 Å². The maximum atomic E-state index is 13.3. The Balaban J connectivity index is 1.64. The number of carbonyl (C=O) groups excluding carboxylic acids is 1. The van der Waals surface area contributed by atoms with Crippen LogP contribution in [0.3, 0.4) is 0 Å². The van der Waals surface area contributed by atoms with Crippen LogP contribution in [0.5, 0.6) is 0 Å². The number of anilines is 1. The summed E-state index contributed by atoms with van der Waals surface area (Å²) in [5.41, 5.74) is 0.278. The molecule has 0 aliphatic carbocycles. The molecule has 0 aromatic heterocycles. The molecule has 0 saturated carbocycles. The Labute approximate surface area is 189 Å². The van der Waals surface area contributed by atoms with E-state index in [1.165, 1.54) is 12.1 Å². The Morgan fingerprint density at radius 3 is 2.35 bits per heavy atom.